The highest BCUT2D eigenvalue weighted by Crippen LogP contribution is 2.24. The fraction of sp³-hybridized carbons (Fsp3) is 0.364. The van der Waals surface area contributed by atoms with Gasteiger partial charge < -0.3 is 4.74 Å². The molecule has 5 nitrogen and oxygen atoms in total. The molecule has 7 heteroatoms. The van der Waals surface area contributed by atoms with Crippen molar-refractivity contribution in [3.8, 4) is 0 Å². The van der Waals surface area contributed by atoms with E-state index in [0.29, 0.717) is 0 Å². The highest BCUT2D eigenvalue weighted by Gasteiger charge is 2.20. The molecule has 0 saturated carbocycles. The number of nitro benzene ring substituents is 1. The zero-order valence-electron chi connectivity index (χ0n) is 9.61. The molecule has 0 aromatic heterocycles. The molecule has 0 aliphatic heterocycles. The van der Waals surface area contributed by atoms with Gasteiger partial charge in [0.2, 0.25) is 0 Å². The maximum absolute atomic E-state index is 13.5. The van der Waals surface area contributed by atoms with Gasteiger partial charge in [0.15, 0.2) is 0 Å². The van der Waals surface area contributed by atoms with Gasteiger partial charge in [0, 0.05) is 17.2 Å². The lowest BCUT2D eigenvalue weighted by Gasteiger charge is -2.06. The van der Waals surface area contributed by atoms with Gasteiger partial charge in [0.05, 0.1) is 23.8 Å². The van der Waals surface area contributed by atoms with Gasteiger partial charge in [-0.1, -0.05) is 0 Å². The van der Waals surface area contributed by atoms with Crippen molar-refractivity contribution < 1.29 is 18.8 Å². The fourth-order valence-corrected chi connectivity index (χ4v) is 1.63. The van der Waals surface area contributed by atoms with Crippen LogP contribution in [0.2, 0.25) is 0 Å². The summed E-state index contributed by atoms with van der Waals surface area (Å²) in [5.74, 6) is -1.49. The van der Waals surface area contributed by atoms with Crippen molar-refractivity contribution in [1.82, 2.24) is 0 Å². The number of hydrogen-bond donors (Lipinski definition) is 0. The molecule has 1 aromatic carbocycles. The van der Waals surface area contributed by atoms with Gasteiger partial charge in [-0.3, -0.25) is 14.9 Å². The Morgan fingerprint density at radius 3 is 2.67 bits per heavy atom. The second-order valence-corrected chi connectivity index (χ2v) is 3.71. The molecule has 1 aromatic rings. The molecule has 0 spiro atoms. The molecule has 0 saturated heterocycles. The van der Waals surface area contributed by atoms with E-state index in [2.05, 4.69) is 4.74 Å². The lowest BCUT2D eigenvalue weighted by Crippen LogP contribution is -2.10. The van der Waals surface area contributed by atoms with Crippen LogP contribution in [0.3, 0.4) is 0 Å². The third-order valence-electron chi connectivity index (χ3n) is 2.23. The van der Waals surface area contributed by atoms with Gasteiger partial charge in [0.25, 0.3) is 5.69 Å². The van der Waals surface area contributed by atoms with Gasteiger partial charge in [-0.2, -0.15) is 0 Å². The quantitative estimate of drug-likeness (QED) is 0.358. The molecule has 18 heavy (non-hydrogen) atoms. The second kappa shape index (κ2) is 6.30. The first-order valence-electron chi connectivity index (χ1n) is 5.16. The van der Waals surface area contributed by atoms with E-state index >= 15 is 0 Å². The SMILES string of the molecule is CCOC(=O)Cc1cc(F)c(CCl)cc1[N+](=O)[O-]. The van der Waals surface area contributed by atoms with Crippen LogP contribution in [0.25, 0.3) is 0 Å². The number of nitro groups is 1. The average molecular weight is 276 g/mol. The molecule has 0 heterocycles. The first-order valence-corrected chi connectivity index (χ1v) is 5.70. The van der Waals surface area contributed by atoms with Crippen LogP contribution in [-0.2, 0) is 21.8 Å². The van der Waals surface area contributed by atoms with Crippen LogP contribution in [0, 0.1) is 15.9 Å². The molecular weight excluding hydrogens is 265 g/mol. The topological polar surface area (TPSA) is 69.4 Å². The summed E-state index contributed by atoms with van der Waals surface area (Å²) >= 11 is 5.46. The summed E-state index contributed by atoms with van der Waals surface area (Å²) in [6, 6.07) is 1.99. The maximum atomic E-state index is 13.5. The predicted octanol–water partition coefficient (Wildman–Crippen LogP) is 2.58. The highest BCUT2D eigenvalue weighted by molar-refractivity contribution is 6.17. The third kappa shape index (κ3) is 3.40. The Kier molecular flexibility index (Phi) is 5.03. The van der Waals surface area contributed by atoms with Crippen molar-refractivity contribution >= 4 is 23.3 Å². The van der Waals surface area contributed by atoms with Crippen LogP contribution in [0.1, 0.15) is 18.1 Å². The molecule has 0 N–H and O–H groups in total. The van der Waals surface area contributed by atoms with Gasteiger partial charge in [-0.05, 0) is 13.0 Å². The fourth-order valence-electron chi connectivity index (χ4n) is 1.43. The summed E-state index contributed by atoms with van der Waals surface area (Å²) in [6.45, 7) is 1.78. The van der Waals surface area contributed by atoms with E-state index in [-0.39, 0.29) is 35.7 Å². The molecule has 0 unspecified atom stereocenters. The Morgan fingerprint density at radius 2 is 2.17 bits per heavy atom. The highest BCUT2D eigenvalue weighted by atomic mass is 35.5. The number of hydrogen-bond acceptors (Lipinski definition) is 4. The zero-order chi connectivity index (χ0) is 13.7. The van der Waals surface area contributed by atoms with Crippen LogP contribution in [0.4, 0.5) is 10.1 Å². The lowest BCUT2D eigenvalue weighted by atomic mass is 10.1. The summed E-state index contributed by atoms with van der Waals surface area (Å²) in [4.78, 5) is 21.4. The number of carbonyl (C=O) groups is 1. The second-order valence-electron chi connectivity index (χ2n) is 3.44. The number of carbonyl (C=O) groups excluding carboxylic acids is 1. The Morgan fingerprint density at radius 1 is 1.50 bits per heavy atom. The Labute approximate surface area is 108 Å². The molecule has 0 fully saturated rings. The van der Waals surface area contributed by atoms with Crippen LogP contribution >= 0.6 is 11.6 Å². The minimum atomic E-state index is -0.677. The van der Waals surface area contributed by atoms with Crippen molar-refractivity contribution in [1.29, 1.82) is 0 Å². The van der Waals surface area contributed by atoms with Gasteiger partial charge in [-0.15, -0.1) is 11.6 Å². The van der Waals surface area contributed by atoms with E-state index in [9.17, 15) is 19.3 Å². The molecule has 0 bridgehead atoms. The number of nitrogens with zero attached hydrogens (tertiary/aromatic N) is 1. The predicted molar refractivity (Wildman–Crippen MR) is 62.9 cm³/mol. The number of benzene rings is 1. The number of esters is 1. The molecule has 98 valence electrons. The normalized spacial score (nSPS) is 10.2. The van der Waals surface area contributed by atoms with E-state index in [1.165, 1.54) is 0 Å². The Balaban J connectivity index is 3.13. The van der Waals surface area contributed by atoms with Crippen LogP contribution in [-0.4, -0.2) is 17.5 Å². The first-order chi connectivity index (χ1) is 8.49. The van der Waals surface area contributed by atoms with E-state index in [1.54, 1.807) is 6.92 Å². The Hall–Kier alpha value is -1.69. The summed E-state index contributed by atoms with van der Waals surface area (Å²) in [5, 5.41) is 10.8. The summed E-state index contributed by atoms with van der Waals surface area (Å²) in [5.41, 5.74) is -0.333. The number of rotatable bonds is 5. The summed E-state index contributed by atoms with van der Waals surface area (Å²) in [6.07, 6.45) is -0.344. The molecular formula is C11H11ClFNO4. The average Bonchev–Trinajstić information content (AvgIpc) is 2.29. The zero-order valence-corrected chi connectivity index (χ0v) is 10.4. The van der Waals surface area contributed by atoms with Crippen LogP contribution in [0.15, 0.2) is 12.1 Å². The standard InChI is InChI=1S/C11H11ClFNO4/c1-2-18-11(15)5-7-3-9(13)8(6-12)4-10(7)14(16)17/h3-4H,2,5-6H2,1H3. The first kappa shape index (κ1) is 14.4. The van der Waals surface area contributed by atoms with Crippen LogP contribution < -0.4 is 0 Å². The van der Waals surface area contributed by atoms with Gasteiger partial charge in [0.1, 0.15) is 5.82 Å². The number of halogens is 2. The molecule has 0 aliphatic rings. The van der Waals surface area contributed by atoms with Crippen molar-refractivity contribution in [3.63, 3.8) is 0 Å². The van der Waals surface area contributed by atoms with Crippen molar-refractivity contribution in [2.45, 2.75) is 19.2 Å². The number of ether oxygens (including phenoxy) is 1. The largest absolute Gasteiger partial charge is 0.466 e. The Bertz CT molecular complexity index is 478. The minimum absolute atomic E-state index is 0.0233. The molecule has 1 rings (SSSR count). The van der Waals surface area contributed by atoms with E-state index in [0.717, 1.165) is 12.1 Å². The van der Waals surface area contributed by atoms with Gasteiger partial charge >= 0.3 is 5.97 Å². The smallest absolute Gasteiger partial charge is 0.310 e. The molecule has 0 amide bonds. The third-order valence-corrected chi connectivity index (χ3v) is 2.52. The lowest BCUT2D eigenvalue weighted by molar-refractivity contribution is -0.385. The van der Waals surface area contributed by atoms with E-state index < -0.39 is 16.7 Å². The summed E-state index contributed by atoms with van der Waals surface area (Å²) < 4.78 is 18.1. The van der Waals surface area contributed by atoms with E-state index in [4.69, 9.17) is 11.6 Å². The maximum Gasteiger partial charge on any atom is 0.310 e. The monoisotopic (exact) mass is 275 g/mol. The van der Waals surface area contributed by atoms with E-state index in [1.807, 2.05) is 0 Å². The van der Waals surface area contributed by atoms with Crippen molar-refractivity contribution in [3.05, 3.63) is 39.2 Å². The molecule has 0 atom stereocenters. The van der Waals surface area contributed by atoms with Crippen molar-refractivity contribution in [2.24, 2.45) is 0 Å². The molecule has 0 radical (unpaired) electrons. The minimum Gasteiger partial charge on any atom is -0.466 e. The van der Waals surface area contributed by atoms with Crippen molar-refractivity contribution in [2.75, 3.05) is 6.61 Å². The molecule has 0 aliphatic carbocycles. The van der Waals surface area contributed by atoms with Crippen LogP contribution in [0.5, 0.6) is 0 Å². The van der Waals surface area contributed by atoms with Gasteiger partial charge in [-0.25, -0.2) is 4.39 Å². The summed E-state index contributed by atoms with van der Waals surface area (Å²) in [7, 11) is 0. The number of alkyl halides is 1.